The first-order valence-electron chi connectivity index (χ1n) is 7.01. The Morgan fingerprint density at radius 3 is 2.83 bits per heavy atom. The van der Waals surface area contributed by atoms with E-state index < -0.39 is 23.7 Å². The minimum atomic E-state index is -1.23. The van der Waals surface area contributed by atoms with Crippen LogP contribution in [-0.4, -0.2) is 39.1 Å². The number of hydrogen-bond acceptors (Lipinski definition) is 4. The van der Waals surface area contributed by atoms with Gasteiger partial charge in [0.2, 0.25) is 0 Å². The van der Waals surface area contributed by atoms with Crippen LogP contribution >= 0.6 is 0 Å². The second-order valence-corrected chi connectivity index (χ2v) is 4.96. The Kier molecular flexibility index (Phi) is 5.07. The summed E-state index contributed by atoms with van der Waals surface area (Å²) < 4.78 is 15.5. The van der Waals surface area contributed by atoms with Crippen LogP contribution in [0.2, 0.25) is 0 Å². The van der Waals surface area contributed by atoms with Gasteiger partial charge in [0.25, 0.3) is 5.91 Å². The molecule has 4 N–H and O–H groups in total. The lowest BCUT2D eigenvalue weighted by atomic mass is 10.1. The number of aromatic nitrogens is 2. The minimum Gasteiger partial charge on any atom is -0.480 e. The Hall–Kier alpha value is -2.74. The lowest BCUT2D eigenvalue weighted by Crippen LogP contribution is -2.42. The summed E-state index contributed by atoms with van der Waals surface area (Å²) in [7, 11) is 0. The number of hydrogen-bond donors (Lipinski definition) is 3. The summed E-state index contributed by atoms with van der Waals surface area (Å²) >= 11 is 0. The molecule has 0 aliphatic rings. The average Bonchev–Trinajstić information content (AvgIpc) is 3.00. The van der Waals surface area contributed by atoms with Gasteiger partial charge in [-0.15, -0.1) is 0 Å². The van der Waals surface area contributed by atoms with E-state index in [0.29, 0.717) is 12.1 Å². The fourth-order valence-electron chi connectivity index (χ4n) is 2.05. The molecule has 8 heteroatoms. The summed E-state index contributed by atoms with van der Waals surface area (Å²) in [6, 6.07) is 2.66. The largest absolute Gasteiger partial charge is 0.480 e. The highest BCUT2D eigenvalue weighted by atomic mass is 19.1. The predicted molar refractivity (Wildman–Crippen MR) is 80.8 cm³/mol. The van der Waals surface area contributed by atoms with Crippen molar-refractivity contribution in [3.63, 3.8) is 0 Å². The van der Waals surface area contributed by atoms with Gasteiger partial charge in [-0.25, -0.2) is 9.37 Å². The Labute approximate surface area is 131 Å². The zero-order chi connectivity index (χ0) is 17.0. The smallest absolute Gasteiger partial charge is 0.322 e. The van der Waals surface area contributed by atoms with Crippen LogP contribution in [0.3, 0.4) is 0 Å². The molecule has 23 heavy (non-hydrogen) atoms. The Balaban J connectivity index is 2.23. The van der Waals surface area contributed by atoms with Crippen LogP contribution in [0.25, 0.3) is 5.69 Å². The van der Waals surface area contributed by atoms with Gasteiger partial charge in [0, 0.05) is 24.0 Å². The van der Waals surface area contributed by atoms with Gasteiger partial charge in [0.15, 0.2) is 0 Å². The SMILES string of the molecule is CCc1cncn1-c1cc(F)cc(C(=O)NC[C@@H](N)C(=O)O)c1. The fraction of sp³-hybridized carbons (Fsp3) is 0.267. The third-order valence-corrected chi connectivity index (χ3v) is 3.30. The summed E-state index contributed by atoms with van der Waals surface area (Å²) in [6.07, 6.45) is 3.90. The van der Waals surface area contributed by atoms with Crippen LogP contribution in [0.4, 0.5) is 4.39 Å². The standard InChI is InChI=1S/C15H17FN4O3/c1-2-11-6-18-8-20(11)12-4-9(3-10(16)5-12)14(21)19-7-13(17)15(22)23/h3-6,8,13H,2,7,17H2,1H3,(H,19,21)(H,22,23)/t13-/m1/s1. The van der Waals surface area contributed by atoms with Gasteiger partial charge in [0.05, 0.1) is 12.0 Å². The normalized spacial score (nSPS) is 12.0. The number of aliphatic carboxylic acids is 1. The van der Waals surface area contributed by atoms with E-state index in [1.165, 1.54) is 18.5 Å². The van der Waals surface area contributed by atoms with Crippen LogP contribution in [0.15, 0.2) is 30.7 Å². The summed E-state index contributed by atoms with van der Waals surface area (Å²) in [6.45, 7) is 1.69. The van der Waals surface area contributed by atoms with Gasteiger partial charge in [-0.2, -0.15) is 0 Å². The molecule has 1 aromatic heterocycles. The molecule has 1 atom stereocenters. The second-order valence-electron chi connectivity index (χ2n) is 4.96. The number of nitrogens with one attached hydrogen (secondary N) is 1. The van der Waals surface area contributed by atoms with E-state index in [1.54, 1.807) is 10.8 Å². The van der Waals surface area contributed by atoms with Gasteiger partial charge in [0.1, 0.15) is 11.9 Å². The number of carbonyl (C=O) groups is 2. The molecule has 0 unspecified atom stereocenters. The Bertz CT molecular complexity index is 729. The van der Waals surface area contributed by atoms with Crippen LogP contribution in [-0.2, 0) is 11.2 Å². The molecular weight excluding hydrogens is 303 g/mol. The van der Waals surface area contributed by atoms with E-state index in [-0.39, 0.29) is 12.1 Å². The van der Waals surface area contributed by atoms with E-state index >= 15 is 0 Å². The van der Waals surface area contributed by atoms with Crippen molar-refractivity contribution in [3.8, 4) is 5.69 Å². The zero-order valence-electron chi connectivity index (χ0n) is 12.5. The number of rotatable bonds is 6. The van der Waals surface area contributed by atoms with Crippen molar-refractivity contribution in [2.24, 2.45) is 5.73 Å². The number of halogens is 1. The van der Waals surface area contributed by atoms with Gasteiger partial charge < -0.3 is 20.7 Å². The van der Waals surface area contributed by atoms with E-state index in [2.05, 4.69) is 10.3 Å². The van der Waals surface area contributed by atoms with Crippen molar-refractivity contribution in [3.05, 3.63) is 47.8 Å². The summed E-state index contributed by atoms with van der Waals surface area (Å²) in [5.74, 6) is -2.40. The van der Waals surface area contributed by atoms with E-state index in [0.717, 1.165) is 11.8 Å². The molecule has 2 rings (SSSR count). The number of nitrogens with zero attached hydrogens (tertiary/aromatic N) is 2. The number of carbonyl (C=O) groups excluding carboxylic acids is 1. The molecule has 1 heterocycles. The molecule has 7 nitrogen and oxygen atoms in total. The molecule has 1 aromatic carbocycles. The van der Waals surface area contributed by atoms with Crippen LogP contribution < -0.4 is 11.1 Å². The van der Waals surface area contributed by atoms with E-state index in [9.17, 15) is 14.0 Å². The number of benzene rings is 1. The first kappa shape index (κ1) is 16.6. The van der Waals surface area contributed by atoms with Crippen LogP contribution in [0, 0.1) is 5.82 Å². The molecular formula is C15H17FN4O3. The predicted octanol–water partition coefficient (Wildman–Crippen LogP) is 0.715. The topological polar surface area (TPSA) is 110 Å². The van der Waals surface area contributed by atoms with Crippen molar-refractivity contribution in [1.29, 1.82) is 0 Å². The Morgan fingerprint density at radius 1 is 1.43 bits per heavy atom. The molecule has 0 saturated heterocycles. The second kappa shape index (κ2) is 7.01. The molecule has 2 aromatic rings. The van der Waals surface area contributed by atoms with Crippen molar-refractivity contribution < 1.29 is 19.1 Å². The first-order valence-corrected chi connectivity index (χ1v) is 7.01. The maximum atomic E-state index is 13.8. The lowest BCUT2D eigenvalue weighted by Gasteiger charge is -2.11. The highest BCUT2D eigenvalue weighted by Crippen LogP contribution is 2.16. The summed E-state index contributed by atoms with van der Waals surface area (Å²) in [4.78, 5) is 26.7. The first-order chi connectivity index (χ1) is 10.9. The quantitative estimate of drug-likeness (QED) is 0.726. The van der Waals surface area contributed by atoms with Crippen molar-refractivity contribution in [2.75, 3.05) is 6.54 Å². The van der Waals surface area contributed by atoms with Crippen LogP contribution in [0.5, 0.6) is 0 Å². The summed E-state index contributed by atoms with van der Waals surface area (Å²) in [5.41, 5.74) is 6.73. The number of imidazole rings is 1. The van der Waals surface area contributed by atoms with Crippen molar-refractivity contribution in [1.82, 2.24) is 14.9 Å². The van der Waals surface area contributed by atoms with Crippen LogP contribution in [0.1, 0.15) is 23.0 Å². The number of carboxylic acid groups (broad SMARTS) is 1. The maximum Gasteiger partial charge on any atom is 0.322 e. The van der Waals surface area contributed by atoms with Gasteiger partial charge in [-0.1, -0.05) is 6.92 Å². The molecule has 0 fully saturated rings. The van der Waals surface area contributed by atoms with Gasteiger partial charge >= 0.3 is 5.97 Å². The monoisotopic (exact) mass is 320 g/mol. The highest BCUT2D eigenvalue weighted by Gasteiger charge is 2.15. The number of nitrogens with two attached hydrogens (primary N) is 1. The summed E-state index contributed by atoms with van der Waals surface area (Å²) in [5, 5.41) is 11.1. The zero-order valence-corrected chi connectivity index (χ0v) is 12.5. The third kappa shape index (κ3) is 3.92. The van der Waals surface area contributed by atoms with E-state index in [4.69, 9.17) is 10.8 Å². The molecule has 0 radical (unpaired) electrons. The third-order valence-electron chi connectivity index (χ3n) is 3.30. The molecule has 0 bridgehead atoms. The molecule has 0 aliphatic carbocycles. The van der Waals surface area contributed by atoms with Crippen molar-refractivity contribution in [2.45, 2.75) is 19.4 Å². The average molecular weight is 320 g/mol. The molecule has 1 amide bonds. The Morgan fingerprint density at radius 2 is 2.17 bits per heavy atom. The number of carboxylic acids is 1. The number of aryl methyl sites for hydroxylation is 1. The van der Waals surface area contributed by atoms with Gasteiger partial charge in [-0.05, 0) is 24.6 Å². The maximum absolute atomic E-state index is 13.8. The molecule has 0 spiro atoms. The number of amides is 1. The molecule has 0 aliphatic heterocycles. The highest BCUT2D eigenvalue weighted by molar-refractivity contribution is 5.95. The molecule has 122 valence electrons. The minimum absolute atomic E-state index is 0.0772. The van der Waals surface area contributed by atoms with Gasteiger partial charge in [-0.3, -0.25) is 9.59 Å². The molecule has 0 saturated carbocycles. The van der Waals surface area contributed by atoms with Crippen molar-refractivity contribution >= 4 is 11.9 Å². The van der Waals surface area contributed by atoms with E-state index in [1.807, 2.05) is 6.92 Å². The lowest BCUT2D eigenvalue weighted by molar-refractivity contribution is -0.138. The fourth-order valence-corrected chi connectivity index (χ4v) is 2.05.